The van der Waals surface area contributed by atoms with Gasteiger partial charge in [0.2, 0.25) is 0 Å². The van der Waals surface area contributed by atoms with Crippen LogP contribution >= 0.6 is 0 Å². The van der Waals surface area contributed by atoms with Crippen LogP contribution in [0.2, 0.25) is 0 Å². The summed E-state index contributed by atoms with van der Waals surface area (Å²) in [7, 11) is 8.20. The standard InChI is InChI=1S/C16H23N2O2.C16H24N2O.C5H10/c1-11-8-13(12(2)19)9-15(17-11)14-10-18(3,4)7-6-16(14)20-5;1-5-6-7-16-17-14-8-12(10-19)13(11(2)3)9-15(14)18(16)4;1-2-4-5-3-1/h8-9H,6-7,10H2,1-5H3;7-9,11,17,19H,5-6,10H2,1-4H3;1-5H2/q+1;;/b;16-7-;. The van der Waals surface area contributed by atoms with E-state index >= 15 is 0 Å². The average Bonchev–Trinajstić information content (AvgIpc) is 3.67. The van der Waals surface area contributed by atoms with Gasteiger partial charge in [0.15, 0.2) is 5.78 Å². The number of Topliss-reactive ketones (excluding diaryl/α,β-unsaturated/α-hetero) is 1. The summed E-state index contributed by atoms with van der Waals surface area (Å²) in [5, 5.41) is 13.0. The van der Waals surface area contributed by atoms with Crippen molar-refractivity contribution in [3.63, 3.8) is 0 Å². The number of quaternary nitrogens is 1. The maximum atomic E-state index is 11.6. The number of ether oxygens (including phenoxy) is 1. The lowest BCUT2D eigenvalue weighted by molar-refractivity contribution is -0.884. The first kappa shape index (κ1) is 35.3. The highest BCUT2D eigenvalue weighted by atomic mass is 16.5. The summed E-state index contributed by atoms with van der Waals surface area (Å²) in [6, 6.07) is 8.00. The fraction of sp³-hybridized carbons (Fsp3) is 0.568. The number of methoxy groups -OCH3 is 1. The van der Waals surface area contributed by atoms with Crippen molar-refractivity contribution >= 4 is 22.7 Å². The fourth-order valence-electron chi connectivity index (χ4n) is 6.03. The molecule has 1 aromatic heterocycles. The second-order valence-corrected chi connectivity index (χ2v) is 13.3. The van der Waals surface area contributed by atoms with Gasteiger partial charge in [-0.3, -0.25) is 9.78 Å². The van der Waals surface area contributed by atoms with Crippen LogP contribution in [0.1, 0.15) is 118 Å². The third kappa shape index (κ3) is 9.42. The van der Waals surface area contributed by atoms with Crippen molar-refractivity contribution in [1.29, 1.82) is 0 Å². The van der Waals surface area contributed by atoms with Crippen LogP contribution in [0.3, 0.4) is 0 Å². The molecule has 0 atom stereocenters. The van der Waals surface area contributed by atoms with Crippen molar-refractivity contribution in [3.05, 3.63) is 70.0 Å². The third-order valence-electron chi connectivity index (χ3n) is 8.69. The van der Waals surface area contributed by atoms with Gasteiger partial charge in [-0.1, -0.05) is 59.3 Å². The molecule has 0 unspecified atom stereocenters. The normalized spacial score (nSPS) is 17.9. The molecule has 7 nitrogen and oxygen atoms in total. The van der Waals surface area contributed by atoms with E-state index in [2.05, 4.69) is 75.3 Å². The molecular formula is C37H57N4O3+. The Balaban J connectivity index is 0.000000207. The summed E-state index contributed by atoms with van der Waals surface area (Å²) in [5.41, 5.74) is 8.12. The molecule has 0 bridgehead atoms. The zero-order valence-corrected chi connectivity index (χ0v) is 28.8. The fourth-order valence-corrected chi connectivity index (χ4v) is 6.03. The number of ketones is 1. The van der Waals surface area contributed by atoms with Gasteiger partial charge in [-0.25, -0.2) is 0 Å². The Kier molecular flexibility index (Phi) is 13.0. The maximum Gasteiger partial charge on any atom is 0.159 e. The molecule has 1 fully saturated rings. The molecule has 2 aromatic rings. The Morgan fingerprint density at radius 2 is 1.80 bits per heavy atom. The van der Waals surface area contributed by atoms with Gasteiger partial charge in [0.1, 0.15) is 18.1 Å². The number of aromatic nitrogens is 1. The summed E-state index contributed by atoms with van der Waals surface area (Å²) in [6.45, 7) is 12.0. The van der Waals surface area contributed by atoms with Crippen molar-refractivity contribution in [1.82, 2.24) is 4.98 Å². The van der Waals surface area contributed by atoms with E-state index in [1.54, 1.807) is 14.0 Å². The predicted molar refractivity (Wildman–Crippen MR) is 184 cm³/mol. The zero-order valence-electron chi connectivity index (χ0n) is 28.8. The molecule has 3 heterocycles. The number of nitrogens with zero attached hydrogens (tertiary/aromatic N) is 3. The smallest absolute Gasteiger partial charge is 0.159 e. The van der Waals surface area contributed by atoms with E-state index in [9.17, 15) is 9.90 Å². The lowest BCUT2D eigenvalue weighted by Gasteiger charge is -2.35. The highest BCUT2D eigenvalue weighted by Crippen LogP contribution is 2.39. The van der Waals surface area contributed by atoms with Gasteiger partial charge in [-0.15, -0.1) is 0 Å². The highest BCUT2D eigenvalue weighted by molar-refractivity contribution is 5.95. The number of allylic oxidation sites excluding steroid dienone is 1. The number of nitrogens with one attached hydrogen (secondary N) is 1. The quantitative estimate of drug-likeness (QED) is 0.245. The lowest BCUT2D eigenvalue weighted by atomic mass is 9.96. The van der Waals surface area contributed by atoms with Gasteiger partial charge in [-0.2, -0.15) is 0 Å². The van der Waals surface area contributed by atoms with E-state index < -0.39 is 0 Å². The molecule has 0 saturated heterocycles. The summed E-state index contributed by atoms with van der Waals surface area (Å²) < 4.78 is 6.45. The van der Waals surface area contributed by atoms with Crippen LogP contribution in [0.4, 0.5) is 11.4 Å². The molecule has 0 spiro atoms. The predicted octanol–water partition coefficient (Wildman–Crippen LogP) is 8.19. The first-order chi connectivity index (χ1) is 20.9. The third-order valence-corrected chi connectivity index (χ3v) is 8.69. The van der Waals surface area contributed by atoms with E-state index in [4.69, 9.17) is 4.74 Å². The molecule has 3 aliphatic rings. The van der Waals surface area contributed by atoms with Crippen LogP contribution in [-0.4, -0.2) is 61.7 Å². The number of aliphatic hydroxyl groups is 1. The molecule has 1 aliphatic carbocycles. The summed E-state index contributed by atoms with van der Waals surface area (Å²) in [4.78, 5) is 18.4. The summed E-state index contributed by atoms with van der Waals surface area (Å²) >= 11 is 0. The van der Waals surface area contributed by atoms with Gasteiger partial charge >= 0.3 is 0 Å². The molecular weight excluding hydrogens is 548 g/mol. The van der Waals surface area contributed by atoms with Crippen LogP contribution in [0, 0.1) is 6.92 Å². The monoisotopic (exact) mass is 605 g/mol. The number of anilines is 2. The Labute approximate surface area is 266 Å². The Morgan fingerprint density at radius 1 is 1.14 bits per heavy atom. The number of fused-ring (bicyclic) bond motifs is 1. The molecule has 7 heteroatoms. The van der Waals surface area contributed by atoms with Crippen molar-refractivity contribution < 1.29 is 19.1 Å². The SMILES string of the molecule is C1CCCC1.CCC/C=C1/Nc2cc(CO)c(C(C)C)cc2N1C.COC1=C(c2cc(C(C)=O)cc(C)n2)C[N+](C)(C)CC1. The largest absolute Gasteiger partial charge is 0.500 e. The number of likely N-dealkylation sites (N-methyl/N-ethyl adjacent to an activating group) is 1. The average molecular weight is 606 g/mol. The van der Waals surface area contributed by atoms with Crippen molar-refractivity contribution in [2.24, 2.45) is 0 Å². The van der Waals surface area contributed by atoms with Crippen LogP contribution in [0.15, 0.2) is 41.9 Å². The number of benzene rings is 1. The van der Waals surface area contributed by atoms with Crippen molar-refractivity contribution in [2.75, 3.05) is 51.6 Å². The van der Waals surface area contributed by atoms with Gasteiger partial charge in [0.25, 0.3) is 0 Å². The molecule has 5 rings (SSSR count). The number of unbranched alkanes of at least 4 members (excludes halogenated alkanes) is 1. The van der Waals surface area contributed by atoms with Crippen molar-refractivity contribution in [2.45, 2.75) is 98.5 Å². The summed E-state index contributed by atoms with van der Waals surface area (Å²) in [5.74, 6) is 2.63. The maximum absolute atomic E-state index is 11.6. The van der Waals surface area contributed by atoms with Crippen LogP contribution in [-0.2, 0) is 11.3 Å². The number of pyridine rings is 1. The van der Waals surface area contributed by atoms with E-state index in [1.165, 1.54) is 43.4 Å². The van der Waals surface area contributed by atoms with Crippen LogP contribution < -0.4 is 10.2 Å². The molecule has 2 aliphatic heterocycles. The van der Waals surface area contributed by atoms with Gasteiger partial charge in [0.05, 0.1) is 63.4 Å². The molecule has 2 N–H and O–H groups in total. The molecule has 0 amide bonds. The number of rotatable bonds is 7. The number of carbonyl (C=O) groups excluding carboxylic acids is 1. The highest BCUT2D eigenvalue weighted by Gasteiger charge is 2.29. The summed E-state index contributed by atoms with van der Waals surface area (Å²) in [6.07, 6.45) is 12.9. The second kappa shape index (κ2) is 16.2. The molecule has 242 valence electrons. The molecule has 0 radical (unpaired) electrons. The van der Waals surface area contributed by atoms with Crippen LogP contribution in [0.25, 0.3) is 5.57 Å². The van der Waals surface area contributed by atoms with E-state index in [1.807, 2.05) is 19.1 Å². The molecule has 1 aromatic carbocycles. The van der Waals surface area contributed by atoms with Crippen molar-refractivity contribution in [3.8, 4) is 0 Å². The number of hydrogen-bond donors (Lipinski definition) is 2. The molecule has 44 heavy (non-hydrogen) atoms. The topological polar surface area (TPSA) is 74.7 Å². The van der Waals surface area contributed by atoms with Crippen LogP contribution in [0.5, 0.6) is 0 Å². The van der Waals surface area contributed by atoms with Gasteiger partial charge < -0.3 is 24.5 Å². The zero-order chi connectivity index (χ0) is 32.4. The Morgan fingerprint density at radius 3 is 2.34 bits per heavy atom. The Bertz CT molecular complexity index is 1330. The molecule has 1 saturated carbocycles. The van der Waals surface area contributed by atoms with Gasteiger partial charge in [-0.05, 0) is 67.7 Å². The second-order valence-electron chi connectivity index (χ2n) is 13.3. The minimum atomic E-state index is 0.0703. The first-order valence-electron chi connectivity index (χ1n) is 16.5. The van der Waals surface area contributed by atoms with E-state index in [0.29, 0.717) is 11.5 Å². The number of aliphatic hydroxyl groups excluding tert-OH is 1. The Hall–Kier alpha value is -3.16. The number of hydrogen-bond acceptors (Lipinski definition) is 6. The first-order valence-corrected chi connectivity index (χ1v) is 16.5. The lowest BCUT2D eigenvalue weighted by Crippen LogP contribution is -2.44. The van der Waals surface area contributed by atoms with E-state index in [0.717, 1.165) is 76.6 Å². The minimum Gasteiger partial charge on any atom is -0.500 e. The minimum absolute atomic E-state index is 0.0703. The van der Waals surface area contributed by atoms with Gasteiger partial charge in [0, 0.05) is 18.3 Å². The number of carbonyl (C=O) groups is 1. The number of aryl methyl sites for hydroxylation is 1. The van der Waals surface area contributed by atoms with E-state index in [-0.39, 0.29) is 12.4 Å².